The fourth-order valence-electron chi connectivity index (χ4n) is 0.590. The monoisotopic (exact) mass is 170 g/mol. The Morgan fingerprint density at radius 3 is 2.42 bits per heavy atom. The summed E-state index contributed by atoms with van der Waals surface area (Å²) in [5, 5.41) is 16.4. The van der Waals surface area contributed by atoms with Crippen LogP contribution in [0.5, 0.6) is 5.75 Å². The van der Waals surface area contributed by atoms with Crippen LogP contribution in [0.25, 0.3) is 0 Å². The molecule has 0 spiro atoms. The summed E-state index contributed by atoms with van der Waals surface area (Å²) in [5.74, 6) is 0.397. The normalized spacial score (nSPS) is 9.50. The Bertz CT molecular complexity index is 216. The molecule has 0 aromatic heterocycles. The smallest absolute Gasteiger partial charge is 0.398 e. The van der Waals surface area contributed by atoms with E-state index in [-0.39, 0.29) is 0 Å². The highest BCUT2D eigenvalue weighted by molar-refractivity contribution is 6.33. The molecule has 0 atom stereocenters. The van der Waals surface area contributed by atoms with Crippen LogP contribution >= 0.6 is 0 Å². The second-order valence-electron chi connectivity index (χ2n) is 1.91. The summed E-state index contributed by atoms with van der Waals surface area (Å²) in [6.07, 6.45) is 0. The lowest BCUT2D eigenvalue weighted by Gasteiger charge is -2.03. The number of para-hydroxylation sites is 1. The number of benzene rings is 1. The van der Waals surface area contributed by atoms with E-state index in [1.165, 1.54) is 0 Å². The van der Waals surface area contributed by atoms with Crippen molar-refractivity contribution in [2.24, 2.45) is 0 Å². The summed E-state index contributed by atoms with van der Waals surface area (Å²) in [7, 11) is -1.80. The van der Waals surface area contributed by atoms with Crippen LogP contribution < -0.4 is 4.89 Å². The largest absolute Gasteiger partial charge is 0.703 e. The van der Waals surface area contributed by atoms with E-state index in [0.717, 1.165) is 0 Å². The Labute approximate surface area is 69.1 Å². The van der Waals surface area contributed by atoms with Crippen molar-refractivity contribution >= 4 is 7.32 Å². The van der Waals surface area contributed by atoms with Crippen molar-refractivity contribution in [3.05, 3.63) is 30.3 Å². The molecule has 1 aromatic rings. The average Bonchev–Trinajstić information content (AvgIpc) is 2.16. The quantitative estimate of drug-likeness (QED) is 0.390. The SMILES string of the molecule is OOB(O)OOc1ccccc1. The molecule has 0 bridgehead atoms. The van der Waals surface area contributed by atoms with Crippen LogP contribution in [-0.2, 0) is 9.61 Å². The van der Waals surface area contributed by atoms with Crippen LogP contribution in [0.1, 0.15) is 0 Å². The molecule has 0 saturated carbocycles. The van der Waals surface area contributed by atoms with Gasteiger partial charge < -0.3 is 9.91 Å². The molecule has 5 nitrogen and oxygen atoms in total. The van der Waals surface area contributed by atoms with Crippen molar-refractivity contribution in [1.82, 2.24) is 0 Å². The summed E-state index contributed by atoms with van der Waals surface area (Å²) >= 11 is 0. The molecule has 64 valence electrons. The molecule has 0 aliphatic rings. The number of hydrogen-bond donors (Lipinski definition) is 2. The van der Waals surface area contributed by atoms with Gasteiger partial charge in [0.05, 0.1) is 0 Å². The van der Waals surface area contributed by atoms with E-state index in [0.29, 0.717) is 5.75 Å². The molecule has 2 N–H and O–H groups in total. The lowest BCUT2D eigenvalue weighted by atomic mass is 10.3. The molecule has 0 amide bonds. The summed E-state index contributed by atoms with van der Waals surface area (Å²) in [6.45, 7) is 0. The van der Waals surface area contributed by atoms with Gasteiger partial charge in [0, 0.05) is 0 Å². The van der Waals surface area contributed by atoms with Crippen LogP contribution in [0, 0.1) is 0 Å². The first-order chi connectivity index (χ1) is 5.83. The highest BCUT2D eigenvalue weighted by Gasteiger charge is 2.17. The van der Waals surface area contributed by atoms with Crippen molar-refractivity contribution in [2.45, 2.75) is 0 Å². The van der Waals surface area contributed by atoms with E-state index < -0.39 is 7.32 Å². The first kappa shape index (κ1) is 9.02. The predicted octanol–water partition coefficient (Wildman–Crippen LogP) is 0.464. The maximum atomic E-state index is 8.50. The minimum absolute atomic E-state index is 0.397. The molecule has 1 rings (SSSR count). The van der Waals surface area contributed by atoms with Gasteiger partial charge in [0.1, 0.15) is 0 Å². The fraction of sp³-hybridized carbons (Fsp3) is 0. The Balaban J connectivity index is 2.33. The van der Waals surface area contributed by atoms with Crippen LogP contribution in [0.2, 0.25) is 0 Å². The topological polar surface area (TPSA) is 68.2 Å². The van der Waals surface area contributed by atoms with E-state index in [2.05, 4.69) is 14.5 Å². The van der Waals surface area contributed by atoms with Gasteiger partial charge in [-0.2, -0.15) is 4.81 Å². The van der Waals surface area contributed by atoms with E-state index in [9.17, 15) is 0 Å². The molecular formula is C6H7BO5. The molecule has 1 aromatic carbocycles. The van der Waals surface area contributed by atoms with Gasteiger partial charge in [-0.3, -0.25) is 5.26 Å². The number of rotatable bonds is 4. The molecule has 12 heavy (non-hydrogen) atoms. The zero-order valence-electron chi connectivity index (χ0n) is 6.08. The molecule has 0 radical (unpaired) electrons. The van der Waals surface area contributed by atoms with Gasteiger partial charge >= 0.3 is 7.32 Å². The van der Waals surface area contributed by atoms with E-state index in [4.69, 9.17) is 10.3 Å². The van der Waals surface area contributed by atoms with E-state index >= 15 is 0 Å². The van der Waals surface area contributed by atoms with Crippen molar-refractivity contribution in [1.29, 1.82) is 0 Å². The van der Waals surface area contributed by atoms with Crippen LogP contribution in [0.15, 0.2) is 30.3 Å². The van der Waals surface area contributed by atoms with E-state index in [1.54, 1.807) is 30.3 Å². The minimum Gasteiger partial charge on any atom is -0.398 e. The summed E-state index contributed by atoms with van der Waals surface area (Å²) in [5.41, 5.74) is 0. The Hall–Kier alpha value is -1.08. The van der Waals surface area contributed by atoms with Gasteiger partial charge in [0.25, 0.3) is 0 Å². The average molecular weight is 170 g/mol. The maximum absolute atomic E-state index is 8.50. The van der Waals surface area contributed by atoms with Gasteiger partial charge in [0.15, 0.2) is 5.75 Å². The summed E-state index contributed by atoms with van der Waals surface area (Å²) in [6, 6.07) is 8.48. The van der Waals surface area contributed by atoms with E-state index in [1.807, 2.05) is 0 Å². The second kappa shape index (κ2) is 4.73. The second-order valence-corrected chi connectivity index (χ2v) is 1.91. The van der Waals surface area contributed by atoms with Gasteiger partial charge in [-0.05, 0) is 12.1 Å². The first-order valence-corrected chi connectivity index (χ1v) is 3.19. The summed E-state index contributed by atoms with van der Waals surface area (Å²) < 4.78 is 0. The molecule has 0 aliphatic heterocycles. The molecule has 0 saturated heterocycles. The molecular weight excluding hydrogens is 163 g/mol. The zero-order chi connectivity index (χ0) is 8.81. The molecule has 0 heterocycles. The van der Waals surface area contributed by atoms with Gasteiger partial charge in [0.2, 0.25) is 0 Å². The third-order valence-electron chi connectivity index (χ3n) is 1.06. The fourth-order valence-corrected chi connectivity index (χ4v) is 0.590. The van der Waals surface area contributed by atoms with Crippen LogP contribution in [0.3, 0.4) is 0 Å². The third-order valence-corrected chi connectivity index (χ3v) is 1.06. The van der Waals surface area contributed by atoms with Crippen molar-refractivity contribution in [2.75, 3.05) is 0 Å². The lowest BCUT2D eigenvalue weighted by Crippen LogP contribution is -2.22. The lowest BCUT2D eigenvalue weighted by molar-refractivity contribution is -0.229. The van der Waals surface area contributed by atoms with Crippen LogP contribution in [-0.4, -0.2) is 17.6 Å². The van der Waals surface area contributed by atoms with Gasteiger partial charge in [-0.15, -0.1) is 0 Å². The Morgan fingerprint density at radius 2 is 1.83 bits per heavy atom. The van der Waals surface area contributed by atoms with Crippen molar-refractivity contribution in [3.8, 4) is 5.75 Å². The maximum Gasteiger partial charge on any atom is 0.703 e. The first-order valence-electron chi connectivity index (χ1n) is 3.19. The molecule has 0 fully saturated rings. The molecule has 0 unspecified atom stereocenters. The Morgan fingerprint density at radius 1 is 1.17 bits per heavy atom. The molecule has 0 aliphatic carbocycles. The third kappa shape index (κ3) is 2.89. The molecule has 6 heteroatoms. The van der Waals surface area contributed by atoms with Crippen molar-refractivity contribution in [3.63, 3.8) is 0 Å². The highest BCUT2D eigenvalue weighted by atomic mass is 17.3. The number of hydrogen-bond acceptors (Lipinski definition) is 5. The Kier molecular flexibility index (Phi) is 3.56. The van der Waals surface area contributed by atoms with Crippen LogP contribution in [0.4, 0.5) is 0 Å². The van der Waals surface area contributed by atoms with Gasteiger partial charge in [-0.1, -0.05) is 18.2 Å². The summed E-state index contributed by atoms with van der Waals surface area (Å²) in [4.78, 5) is 12.1. The highest BCUT2D eigenvalue weighted by Crippen LogP contribution is 2.08. The van der Waals surface area contributed by atoms with Gasteiger partial charge in [-0.25, -0.2) is 4.81 Å². The predicted molar refractivity (Wildman–Crippen MR) is 39.8 cm³/mol. The standard InChI is InChI=1S/C6H7BO5/c8-7(11-9)12-10-6-4-2-1-3-5-6/h1-5,8-9H. The minimum atomic E-state index is -1.80. The zero-order valence-corrected chi connectivity index (χ0v) is 6.08. The van der Waals surface area contributed by atoms with Crippen molar-refractivity contribution < 1.29 is 24.8 Å².